The standard InChI is InChI=1S/C24H37N3O/c1-15-8-7-11-19-14-21(27-23(15)19)24(28)25-17(3)22-16(2)12-13-20(26-22)18-9-5-4-6-10-18/h7-8,11,16-18,20-22,26-27H,4-6,9-10,12-14H2,1-3H3,(H,25,28). The van der Waals surface area contributed by atoms with Crippen molar-refractivity contribution in [1.82, 2.24) is 10.6 Å². The Morgan fingerprint density at radius 1 is 1.14 bits per heavy atom. The number of carbonyl (C=O) groups excluding carboxylic acids is 1. The summed E-state index contributed by atoms with van der Waals surface area (Å²) in [5, 5.41) is 10.7. The van der Waals surface area contributed by atoms with Gasteiger partial charge in [-0.25, -0.2) is 0 Å². The molecule has 0 spiro atoms. The molecule has 3 N–H and O–H groups in total. The van der Waals surface area contributed by atoms with Gasteiger partial charge >= 0.3 is 0 Å². The molecule has 1 amide bonds. The highest BCUT2D eigenvalue weighted by atomic mass is 16.2. The minimum atomic E-state index is -0.147. The van der Waals surface area contributed by atoms with E-state index in [9.17, 15) is 4.79 Å². The molecule has 1 saturated heterocycles. The van der Waals surface area contributed by atoms with Gasteiger partial charge in [-0.05, 0) is 62.5 Å². The molecule has 2 fully saturated rings. The van der Waals surface area contributed by atoms with E-state index in [1.165, 1.54) is 56.1 Å². The van der Waals surface area contributed by atoms with Gasteiger partial charge in [-0.3, -0.25) is 4.79 Å². The van der Waals surface area contributed by atoms with Crippen molar-refractivity contribution in [2.75, 3.05) is 5.32 Å². The van der Waals surface area contributed by atoms with E-state index in [0.717, 1.165) is 18.0 Å². The number of nitrogens with one attached hydrogen (secondary N) is 3. The molecule has 2 aliphatic heterocycles. The van der Waals surface area contributed by atoms with Crippen LogP contribution in [0.1, 0.15) is 69.9 Å². The highest BCUT2D eigenvalue weighted by molar-refractivity contribution is 5.88. The number of amides is 1. The number of rotatable bonds is 4. The first-order valence-corrected chi connectivity index (χ1v) is 11.4. The third-order valence-electron chi connectivity index (χ3n) is 7.50. The summed E-state index contributed by atoms with van der Waals surface area (Å²) < 4.78 is 0. The van der Waals surface area contributed by atoms with E-state index in [-0.39, 0.29) is 18.0 Å². The van der Waals surface area contributed by atoms with Crippen LogP contribution in [0, 0.1) is 18.8 Å². The Labute approximate surface area is 170 Å². The number of carbonyl (C=O) groups is 1. The van der Waals surface area contributed by atoms with Gasteiger partial charge in [0.1, 0.15) is 6.04 Å². The van der Waals surface area contributed by atoms with Crippen LogP contribution in [-0.4, -0.2) is 30.1 Å². The molecular weight excluding hydrogens is 346 g/mol. The number of para-hydroxylation sites is 1. The molecule has 0 radical (unpaired) electrons. The van der Waals surface area contributed by atoms with Crippen molar-refractivity contribution in [1.29, 1.82) is 0 Å². The van der Waals surface area contributed by atoms with Gasteiger partial charge in [0.05, 0.1) is 0 Å². The lowest BCUT2D eigenvalue weighted by molar-refractivity contribution is -0.122. The van der Waals surface area contributed by atoms with Crippen LogP contribution >= 0.6 is 0 Å². The Morgan fingerprint density at radius 3 is 2.68 bits per heavy atom. The zero-order valence-corrected chi connectivity index (χ0v) is 17.8. The van der Waals surface area contributed by atoms with Crippen molar-refractivity contribution in [3.05, 3.63) is 29.3 Å². The minimum Gasteiger partial charge on any atom is -0.373 e. The lowest BCUT2D eigenvalue weighted by Crippen LogP contribution is -2.59. The van der Waals surface area contributed by atoms with Gasteiger partial charge in [0, 0.05) is 30.2 Å². The van der Waals surface area contributed by atoms with Crippen LogP contribution in [-0.2, 0) is 11.2 Å². The van der Waals surface area contributed by atoms with Crippen molar-refractivity contribution in [3.63, 3.8) is 0 Å². The van der Waals surface area contributed by atoms with Gasteiger partial charge in [0.15, 0.2) is 0 Å². The van der Waals surface area contributed by atoms with Crippen LogP contribution in [0.3, 0.4) is 0 Å². The molecule has 1 saturated carbocycles. The second-order valence-electron chi connectivity index (χ2n) is 9.56. The quantitative estimate of drug-likeness (QED) is 0.731. The monoisotopic (exact) mass is 383 g/mol. The smallest absolute Gasteiger partial charge is 0.243 e. The van der Waals surface area contributed by atoms with Gasteiger partial charge in [-0.2, -0.15) is 0 Å². The second kappa shape index (κ2) is 8.44. The van der Waals surface area contributed by atoms with Crippen LogP contribution in [0.15, 0.2) is 18.2 Å². The summed E-state index contributed by atoms with van der Waals surface area (Å²) in [6.07, 6.45) is 10.3. The lowest BCUT2D eigenvalue weighted by atomic mass is 9.76. The first-order chi connectivity index (χ1) is 13.5. The van der Waals surface area contributed by atoms with E-state index in [4.69, 9.17) is 0 Å². The molecule has 1 aliphatic carbocycles. The van der Waals surface area contributed by atoms with Gasteiger partial charge in [0.25, 0.3) is 0 Å². The average Bonchev–Trinajstić information content (AvgIpc) is 3.15. The Kier molecular flexibility index (Phi) is 5.96. The first kappa shape index (κ1) is 19.8. The maximum Gasteiger partial charge on any atom is 0.243 e. The number of hydrogen-bond acceptors (Lipinski definition) is 3. The molecular formula is C24H37N3O. The summed E-state index contributed by atoms with van der Waals surface area (Å²) in [5.41, 5.74) is 3.63. The third-order valence-corrected chi connectivity index (χ3v) is 7.50. The molecule has 1 aromatic rings. The normalized spacial score (nSPS) is 31.7. The number of hydrogen-bond donors (Lipinski definition) is 3. The zero-order valence-electron chi connectivity index (χ0n) is 17.8. The number of benzene rings is 1. The summed E-state index contributed by atoms with van der Waals surface area (Å²) >= 11 is 0. The van der Waals surface area contributed by atoms with Gasteiger partial charge in [-0.1, -0.05) is 44.4 Å². The van der Waals surface area contributed by atoms with Crippen molar-refractivity contribution in [3.8, 4) is 0 Å². The molecule has 5 unspecified atom stereocenters. The Bertz CT molecular complexity index is 697. The summed E-state index contributed by atoms with van der Waals surface area (Å²) in [7, 11) is 0. The van der Waals surface area contributed by atoms with Crippen molar-refractivity contribution in [2.24, 2.45) is 11.8 Å². The molecule has 4 heteroatoms. The van der Waals surface area contributed by atoms with Crippen molar-refractivity contribution < 1.29 is 4.79 Å². The molecule has 154 valence electrons. The molecule has 2 heterocycles. The summed E-state index contributed by atoms with van der Waals surface area (Å²) in [5.74, 6) is 1.57. The summed E-state index contributed by atoms with van der Waals surface area (Å²) in [6, 6.07) is 7.33. The fourth-order valence-corrected chi connectivity index (χ4v) is 5.79. The molecule has 0 bridgehead atoms. The number of anilines is 1. The van der Waals surface area contributed by atoms with Crippen LogP contribution in [0.25, 0.3) is 0 Å². The summed E-state index contributed by atoms with van der Waals surface area (Å²) in [4.78, 5) is 13.0. The maximum absolute atomic E-state index is 13.0. The largest absolute Gasteiger partial charge is 0.373 e. The van der Waals surface area contributed by atoms with Gasteiger partial charge in [-0.15, -0.1) is 0 Å². The molecule has 0 aromatic heterocycles. The van der Waals surface area contributed by atoms with Crippen LogP contribution in [0.4, 0.5) is 5.69 Å². The molecule has 4 nitrogen and oxygen atoms in total. The molecule has 4 rings (SSSR count). The Hall–Kier alpha value is -1.55. The van der Waals surface area contributed by atoms with Gasteiger partial charge < -0.3 is 16.0 Å². The topological polar surface area (TPSA) is 53.2 Å². The van der Waals surface area contributed by atoms with E-state index < -0.39 is 0 Å². The SMILES string of the molecule is Cc1cccc2c1NC(C(=O)NC(C)C1NC(C3CCCCC3)CCC1C)C2. The number of fused-ring (bicyclic) bond motifs is 1. The van der Waals surface area contributed by atoms with Crippen LogP contribution in [0.5, 0.6) is 0 Å². The van der Waals surface area contributed by atoms with Crippen LogP contribution in [0.2, 0.25) is 0 Å². The lowest BCUT2D eigenvalue weighted by Gasteiger charge is -2.43. The Balaban J connectivity index is 1.35. The second-order valence-corrected chi connectivity index (χ2v) is 9.56. The van der Waals surface area contributed by atoms with E-state index in [2.05, 4.69) is 54.9 Å². The minimum absolute atomic E-state index is 0.136. The third kappa shape index (κ3) is 4.07. The van der Waals surface area contributed by atoms with E-state index in [1.807, 2.05) is 0 Å². The predicted molar refractivity (Wildman–Crippen MR) is 116 cm³/mol. The zero-order chi connectivity index (χ0) is 19.7. The summed E-state index contributed by atoms with van der Waals surface area (Å²) in [6.45, 7) is 6.63. The number of piperidine rings is 1. The predicted octanol–water partition coefficient (Wildman–Crippen LogP) is 4.17. The van der Waals surface area contributed by atoms with E-state index in [0.29, 0.717) is 18.0 Å². The average molecular weight is 384 g/mol. The fraction of sp³-hybridized carbons (Fsp3) is 0.708. The van der Waals surface area contributed by atoms with Crippen LogP contribution < -0.4 is 16.0 Å². The molecule has 1 aromatic carbocycles. The molecule has 5 atom stereocenters. The molecule has 28 heavy (non-hydrogen) atoms. The van der Waals surface area contributed by atoms with E-state index in [1.54, 1.807) is 0 Å². The Morgan fingerprint density at radius 2 is 1.93 bits per heavy atom. The van der Waals surface area contributed by atoms with E-state index >= 15 is 0 Å². The highest BCUT2D eigenvalue weighted by Gasteiger charge is 2.36. The molecule has 3 aliphatic rings. The van der Waals surface area contributed by atoms with Crippen molar-refractivity contribution in [2.45, 2.75) is 96.3 Å². The van der Waals surface area contributed by atoms with Crippen molar-refractivity contribution >= 4 is 11.6 Å². The first-order valence-electron chi connectivity index (χ1n) is 11.4. The fourth-order valence-electron chi connectivity index (χ4n) is 5.79. The van der Waals surface area contributed by atoms with Gasteiger partial charge in [0.2, 0.25) is 5.91 Å². The number of aryl methyl sites for hydroxylation is 1. The maximum atomic E-state index is 13.0. The highest BCUT2D eigenvalue weighted by Crippen LogP contribution is 2.33.